The van der Waals surface area contributed by atoms with Crippen LogP contribution in [0.4, 0.5) is 5.69 Å². The zero-order valence-electron chi connectivity index (χ0n) is 17.6. The fraction of sp³-hybridized carbons (Fsp3) is 0.545. The Morgan fingerprint density at radius 2 is 1.90 bits per heavy atom. The Hall–Kier alpha value is -2.90. The van der Waals surface area contributed by atoms with Crippen LogP contribution < -0.4 is 16.3 Å². The highest BCUT2D eigenvalue weighted by atomic mass is 16.2. The van der Waals surface area contributed by atoms with Gasteiger partial charge in [-0.25, -0.2) is 9.48 Å². The van der Waals surface area contributed by atoms with Crippen LogP contribution in [0.5, 0.6) is 0 Å². The summed E-state index contributed by atoms with van der Waals surface area (Å²) in [4.78, 5) is 37.5. The number of hydrogen-bond acceptors (Lipinski definition) is 4. The minimum absolute atomic E-state index is 0.0262. The number of aryl methyl sites for hydroxylation is 3. The van der Waals surface area contributed by atoms with Gasteiger partial charge >= 0.3 is 5.69 Å². The lowest BCUT2D eigenvalue weighted by atomic mass is 10.0. The molecule has 1 aliphatic heterocycles. The molecule has 0 bridgehead atoms. The number of rotatable bonds is 4. The molecule has 2 heterocycles. The van der Waals surface area contributed by atoms with Crippen molar-refractivity contribution in [3.8, 4) is 0 Å². The highest BCUT2D eigenvalue weighted by Crippen LogP contribution is 2.27. The summed E-state index contributed by atoms with van der Waals surface area (Å²) in [5.74, 6) is 0.732. The van der Waals surface area contributed by atoms with Crippen LogP contribution >= 0.6 is 0 Å². The summed E-state index contributed by atoms with van der Waals surface area (Å²) in [6.07, 6.45) is 6.15. The lowest BCUT2D eigenvalue weighted by Gasteiger charge is -2.17. The molecule has 2 amide bonds. The van der Waals surface area contributed by atoms with E-state index in [-0.39, 0.29) is 29.5 Å². The summed E-state index contributed by atoms with van der Waals surface area (Å²) in [6, 6.07) is 5.38. The van der Waals surface area contributed by atoms with Gasteiger partial charge in [0.25, 0.3) is 5.91 Å². The number of carbonyl (C=O) groups is 2. The Bertz CT molecular complexity index is 1020. The van der Waals surface area contributed by atoms with E-state index in [1.165, 1.54) is 4.68 Å². The van der Waals surface area contributed by atoms with Gasteiger partial charge in [-0.05, 0) is 50.3 Å². The van der Waals surface area contributed by atoms with E-state index in [0.717, 1.165) is 43.5 Å². The first-order chi connectivity index (χ1) is 14.4. The molecule has 1 aromatic heterocycles. The minimum Gasteiger partial charge on any atom is -0.349 e. The fourth-order valence-corrected chi connectivity index (χ4v) is 4.43. The number of carbonyl (C=O) groups excluding carboxylic acids is 2. The molecule has 1 fully saturated rings. The molecule has 8 heteroatoms. The highest BCUT2D eigenvalue weighted by molar-refractivity contribution is 5.98. The second-order valence-electron chi connectivity index (χ2n) is 8.47. The van der Waals surface area contributed by atoms with E-state index >= 15 is 0 Å². The van der Waals surface area contributed by atoms with E-state index < -0.39 is 0 Å². The summed E-state index contributed by atoms with van der Waals surface area (Å²) >= 11 is 0. The Labute approximate surface area is 175 Å². The molecule has 1 aromatic carbocycles. The van der Waals surface area contributed by atoms with Crippen molar-refractivity contribution in [2.75, 3.05) is 5.32 Å². The second kappa shape index (κ2) is 8.45. The monoisotopic (exact) mass is 411 g/mol. The Kier molecular flexibility index (Phi) is 5.74. The van der Waals surface area contributed by atoms with E-state index in [4.69, 9.17) is 0 Å². The van der Waals surface area contributed by atoms with Crippen LogP contribution in [0.3, 0.4) is 0 Å². The zero-order chi connectivity index (χ0) is 21.3. The average Bonchev–Trinajstić information content (AvgIpc) is 3.30. The third-order valence-electron chi connectivity index (χ3n) is 6.32. The molecule has 8 nitrogen and oxygen atoms in total. The number of nitrogens with zero attached hydrogens (tertiary/aromatic N) is 3. The third kappa shape index (κ3) is 4.17. The summed E-state index contributed by atoms with van der Waals surface area (Å²) in [5.41, 5.74) is 2.05. The van der Waals surface area contributed by atoms with Crippen molar-refractivity contribution >= 4 is 17.5 Å². The van der Waals surface area contributed by atoms with E-state index in [9.17, 15) is 14.4 Å². The highest BCUT2D eigenvalue weighted by Gasteiger charge is 2.24. The molecule has 0 spiro atoms. The average molecular weight is 412 g/mol. The maximum Gasteiger partial charge on any atom is 0.345 e. The second-order valence-corrected chi connectivity index (χ2v) is 8.47. The lowest BCUT2D eigenvalue weighted by molar-refractivity contribution is -0.119. The van der Waals surface area contributed by atoms with Crippen LogP contribution in [0, 0.1) is 12.8 Å². The quantitative estimate of drug-likeness (QED) is 0.805. The third-order valence-corrected chi connectivity index (χ3v) is 6.32. The largest absolute Gasteiger partial charge is 0.349 e. The number of hydrogen-bond donors (Lipinski definition) is 2. The van der Waals surface area contributed by atoms with Gasteiger partial charge in [0.05, 0.1) is 0 Å². The summed E-state index contributed by atoms with van der Waals surface area (Å²) < 4.78 is 3.05. The fourth-order valence-electron chi connectivity index (χ4n) is 4.43. The summed E-state index contributed by atoms with van der Waals surface area (Å²) in [5, 5.41) is 10.4. The molecule has 1 saturated carbocycles. The molecule has 0 saturated heterocycles. The van der Waals surface area contributed by atoms with Crippen molar-refractivity contribution in [3.05, 3.63) is 45.6 Å². The van der Waals surface area contributed by atoms with Crippen molar-refractivity contribution in [2.45, 2.75) is 64.5 Å². The number of fused-ring (bicyclic) bond motifs is 1. The van der Waals surface area contributed by atoms with E-state index in [1.807, 2.05) is 13.0 Å². The maximum atomic E-state index is 12.9. The molecule has 160 valence electrons. The van der Waals surface area contributed by atoms with Gasteiger partial charge in [0.15, 0.2) is 0 Å². The smallest absolute Gasteiger partial charge is 0.345 e. The predicted molar refractivity (Wildman–Crippen MR) is 113 cm³/mol. The standard InChI is InChI=1S/C22H29N5O3/c1-14-7-8-16(13-18(14)24-20(28)15-5-3-4-6-15)21(29)23-17-9-10-19-25-26(2)22(30)27(19)12-11-17/h7-8,13,15,17H,3-6,9-12H2,1-2H3,(H,23,29)(H,24,28). The van der Waals surface area contributed by atoms with Gasteiger partial charge < -0.3 is 10.6 Å². The number of nitrogens with one attached hydrogen (secondary N) is 2. The minimum atomic E-state index is -0.163. The van der Waals surface area contributed by atoms with Gasteiger partial charge in [-0.1, -0.05) is 18.9 Å². The zero-order valence-corrected chi connectivity index (χ0v) is 17.6. The molecule has 1 unspecified atom stereocenters. The van der Waals surface area contributed by atoms with Crippen molar-refractivity contribution in [2.24, 2.45) is 13.0 Å². The molecule has 2 N–H and O–H groups in total. The van der Waals surface area contributed by atoms with E-state index in [2.05, 4.69) is 15.7 Å². The first-order valence-corrected chi connectivity index (χ1v) is 10.8. The summed E-state index contributed by atoms with van der Waals surface area (Å²) in [6.45, 7) is 2.47. The Balaban J connectivity index is 1.41. The first kappa shape index (κ1) is 20.4. The van der Waals surface area contributed by atoms with Gasteiger partial charge in [0, 0.05) is 43.2 Å². The molecule has 2 aliphatic rings. The summed E-state index contributed by atoms with van der Waals surface area (Å²) in [7, 11) is 1.66. The van der Waals surface area contributed by atoms with Gasteiger partial charge in [-0.15, -0.1) is 0 Å². The topological polar surface area (TPSA) is 98.0 Å². The van der Waals surface area contributed by atoms with E-state index in [1.54, 1.807) is 23.7 Å². The normalized spacial score (nSPS) is 19.2. The van der Waals surface area contributed by atoms with Crippen molar-refractivity contribution in [1.82, 2.24) is 19.7 Å². The molecular formula is C22H29N5O3. The van der Waals surface area contributed by atoms with Crippen molar-refractivity contribution < 1.29 is 9.59 Å². The SMILES string of the molecule is Cc1ccc(C(=O)NC2CCc3nn(C)c(=O)n3CC2)cc1NC(=O)C1CCCC1. The molecule has 30 heavy (non-hydrogen) atoms. The number of amides is 2. The van der Waals surface area contributed by atoms with Crippen LogP contribution in [-0.4, -0.2) is 32.2 Å². The molecule has 1 atom stereocenters. The number of benzene rings is 1. The molecule has 2 aromatic rings. The predicted octanol–water partition coefficient (Wildman–Crippen LogP) is 2.15. The van der Waals surface area contributed by atoms with Crippen LogP contribution in [0.1, 0.15) is 60.3 Å². The van der Waals surface area contributed by atoms with Gasteiger partial charge in [-0.3, -0.25) is 14.2 Å². The van der Waals surface area contributed by atoms with E-state index in [0.29, 0.717) is 30.6 Å². The number of aromatic nitrogens is 3. The van der Waals surface area contributed by atoms with Crippen LogP contribution in [-0.2, 0) is 24.8 Å². The molecule has 1 aliphatic carbocycles. The van der Waals surface area contributed by atoms with Crippen molar-refractivity contribution in [3.63, 3.8) is 0 Å². The molecular weight excluding hydrogens is 382 g/mol. The van der Waals surface area contributed by atoms with Gasteiger partial charge in [0.1, 0.15) is 5.82 Å². The first-order valence-electron chi connectivity index (χ1n) is 10.8. The van der Waals surface area contributed by atoms with Gasteiger partial charge in [-0.2, -0.15) is 5.10 Å². The number of anilines is 1. The molecule has 0 radical (unpaired) electrons. The lowest BCUT2D eigenvalue weighted by Crippen LogP contribution is -2.35. The van der Waals surface area contributed by atoms with Crippen LogP contribution in [0.2, 0.25) is 0 Å². The van der Waals surface area contributed by atoms with Crippen LogP contribution in [0.25, 0.3) is 0 Å². The Morgan fingerprint density at radius 3 is 2.67 bits per heavy atom. The van der Waals surface area contributed by atoms with Gasteiger partial charge in [0.2, 0.25) is 5.91 Å². The molecule has 4 rings (SSSR count). The maximum absolute atomic E-state index is 12.9. The van der Waals surface area contributed by atoms with Crippen LogP contribution in [0.15, 0.2) is 23.0 Å². The van der Waals surface area contributed by atoms with Crippen molar-refractivity contribution in [1.29, 1.82) is 0 Å². The Morgan fingerprint density at radius 1 is 1.13 bits per heavy atom.